The average molecular weight is 284 g/mol. The molecule has 3 rings (SSSR count). The first-order valence-corrected chi connectivity index (χ1v) is 6.86. The van der Waals surface area contributed by atoms with Gasteiger partial charge in [0.1, 0.15) is 5.82 Å². The molecule has 3 unspecified atom stereocenters. The van der Waals surface area contributed by atoms with Gasteiger partial charge in [-0.2, -0.15) is 0 Å². The summed E-state index contributed by atoms with van der Waals surface area (Å²) < 4.78 is 13.8. The van der Waals surface area contributed by atoms with Crippen molar-refractivity contribution in [2.24, 2.45) is 5.92 Å². The molecule has 3 nitrogen and oxygen atoms in total. The lowest BCUT2D eigenvalue weighted by molar-refractivity contribution is -0.142. The van der Waals surface area contributed by atoms with Crippen molar-refractivity contribution in [2.45, 2.75) is 37.9 Å². The van der Waals surface area contributed by atoms with Gasteiger partial charge in [0.05, 0.1) is 5.92 Å². The second kappa shape index (κ2) is 4.76. The largest absolute Gasteiger partial charge is 0.481 e. The summed E-state index contributed by atoms with van der Waals surface area (Å²) in [5.74, 6) is -1.31. The summed E-state index contributed by atoms with van der Waals surface area (Å²) in [4.78, 5) is 13.3. The third-order valence-corrected chi connectivity index (χ3v) is 4.59. The fraction of sp³-hybridized carbons (Fsp3) is 0.500. The molecule has 5 heteroatoms. The maximum Gasteiger partial charge on any atom is 0.308 e. The van der Waals surface area contributed by atoms with Gasteiger partial charge < -0.3 is 5.11 Å². The van der Waals surface area contributed by atoms with E-state index in [2.05, 4.69) is 4.90 Å². The highest BCUT2D eigenvalue weighted by Gasteiger charge is 2.49. The van der Waals surface area contributed by atoms with E-state index in [0.29, 0.717) is 23.6 Å². The van der Waals surface area contributed by atoms with Crippen LogP contribution in [0.25, 0.3) is 0 Å². The Balaban J connectivity index is 1.81. The summed E-state index contributed by atoms with van der Waals surface area (Å²) in [6.07, 6.45) is 2.59. The fourth-order valence-electron chi connectivity index (χ4n) is 3.47. The lowest BCUT2D eigenvalue weighted by Gasteiger charge is -2.23. The van der Waals surface area contributed by atoms with Gasteiger partial charge in [-0.3, -0.25) is 9.69 Å². The van der Waals surface area contributed by atoms with Gasteiger partial charge in [-0.15, -0.1) is 0 Å². The molecule has 2 fully saturated rings. The molecule has 0 aliphatic carbocycles. The third-order valence-electron chi connectivity index (χ3n) is 4.36. The van der Waals surface area contributed by atoms with E-state index in [1.807, 2.05) is 0 Å². The summed E-state index contributed by atoms with van der Waals surface area (Å²) in [5.41, 5.74) is 0.551. The monoisotopic (exact) mass is 283 g/mol. The van der Waals surface area contributed by atoms with Crippen LogP contribution in [-0.4, -0.2) is 28.1 Å². The molecule has 1 aromatic carbocycles. The summed E-state index contributed by atoms with van der Waals surface area (Å²) in [6.45, 7) is 0.450. The molecule has 2 heterocycles. The van der Waals surface area contributed by atoms with Crippen LogP contribution in [-0.2, 0) is 11.3 Å². The smallest absolute Gasteiger partial charge is 0.308 e. The van der Waals surface area contributed by atoms with Crippen LogP contribution in [0.3, 0.4) is 0 Å². The number of fused-ring (bicyclic) bond motifs is 2. The van der Waals surface area contributed by atoms with Gasteiger partial charge in [0.2, 0.25) is 0 Å². The van der Waals surface area contributed by atoms with Crippen molar-refractivity contribution >= 4 is 17.6 Å². The van der Waals surface area contributed by atoms with Gasteiger partial charge in [-0.25, -0.2) is 4.39 Å². The third kappa shape index (κ3) is 2.23. The quantitative estimate of drug-likeness (QED) is 0.927. The van der Waals surface area contributed by atoms with Gasteiger partial charge in [-0.1, -0.05) is 11.6 Å². The highest BCUT2D eigenvalue weighted by Crippen LogP contribution is 2.42. The molecule has 0 spiro atoms. The van der Waals surface area contributed by atoms with E-state index in [4.69, 9.17) is 11.6 Å². The van der Waals surface area contributed by atoms with Gasteiger partial charge >= 0.3 is 5.97 Å². The zero-order chi connectivity index (χ0) is 13.6. The first-order valence-electron chi connectivity index (χ1n) is 6.48. The summed E-state index contributed by atoms with van der Waals surface area (Å²) >= 11 is 5.89. The molecule has 2 aliphatic rings. The molecule has 2 saturated heterocycles. The van der Waals surface area contributed by atoms with Crippen molar-refractivity contribution in [3.8, 4) is 0 Å². The Bertz CT molecular complexity index is 522. The zero-order valence-corrected chi connectivity index (χ0v) is 11.1. The van der Waals surface area contributed by atoms with E-state index in [0.717, 1.165) is 12.8 Å². The predicted octanol–water partition coefficient (Wildman–Crippen LogP) is 2.92. The van der Waals surface area contributed by atoms with Gasteiger partial charge in [0.15, 0.2) is 0 Å². The van der Waals surface area contributed by atoms with Crippen LogP contribution in [0.4, 0.5) is 4.39 Å². The molecule has 0 saturated carbocycles. The van der Waals surface area contributed by atoms with Gasteiger partial charge in [0, 0.05) is 29.2 Å². The highest BCUT2D eigenvalue weighted by molar-refractivity contribution is 6.30. The number of benzene rings is 1. The molecule has 0 radical (unpaired) electrons. The Kier molecular flexibility index (Phi) is 3.23. The second-order valence-corrected chi connectivity index (χ2v) is 5.82. The fourth-order valence-corrected chi connectivity index (χ4v) is 3.67. The number of hydrogen-bond donors (Lipinski definition) is 1. The standard InChI is InChI=1S/C14H15ClFNO2/c15-9-1-3-12(16)8(5-9)7-17-10-2-4-13(17)11(6-10)14(18)19/h1,3,5,10-11,13H,2,4,6-7H2,(H,18,19). The lowest BCUT2D eigenvalue weighted by atomic mass is 9.89. The Morgan fingerprint density at radius 2 is 2.26 bits per heavy atom. The van der Waals surface area contributed by atoms with Crippen molar-refractivity contribution in [1.29, 1.82) is 0 Å². The molecule has 19 heavy (non-hydrogen) atoms. The topological polar surface area (TPSA) is 40.5 Å². The number of halogens is 2. The van der Waals surface area contributed by atoms with E-state index in [-0.39, 0.29) is 23.8 Å². The lowest BCUT2D eigenvalue weighted by Crippen LogP contribution is -2.32. The number of hydrogen-bond acceptors (Lipinski definition) is 2. The SMILES string of the molecule is O=C(O)C1CC2CCC1N2Cc1cc(Cl)ccc1F. The van der Waals surface area contributed by atoms with Crippen molar-refractivity contribution in [1.82, 2.24) is 4.90 Å². The van der Waals surface area contributed by atoms with E-state index >= 15 is 0 Å². The number of nitrogens with zero attached hydrogens (tertiary/aromatic N) is 1. The summed E-state index contributed by atoms with van der Waals surface area (Å²) in [7, 11) is 0. The van der Waals surface area contributed by atoms with Crippen LogP contribution < -0.4 is 0 Å². The number of carbonyl (C=O) groups is 1. The van der Waals surface area contributed by atoms with Crippen LogP contribution in [0.15, 0.2) is 18.2 Å². The Morgan fingerprint density at radius 1 is 1.47 bits per heavy atom. The van der Waals surface area contributed by atoms with Crippen LogP contribution in [0, 0.1) is 11.7 Å². The molecule has 2 aliphatic heterocycles. The maximum atomic E-state index is 13.8. The molecule has 1 aromatic rings. The van der Waals surface area contributed by atoms with Gasteiger partial charge in [0.25, 0.3) is 0 Å². The molecule has 2 bridgehead atoms. The van der Waals surface area contributed by atoms with Crippen LogP contribution in [0.1, 0.15) is 24.8 Å². The van der Waals surface area contributed by atoms with E-state index < -0.39 is 5.97 Å². The number of aliphatic carboxylic acids is 1. The number of carboxylic acid groups (broad SMARTS) is 1. The second-order valence-electron chi connectivity index (χ2n) is 5.39. The Labute approximate surface area is 116 Å². The van der Waals surface area contributed by atoms with E-state index in [1.54, 1.807) is 6.07 Å². The van der Waals surface area contributed by atoms with Crippen molar-refractivity contribution in [2.75, 3.05) is 0 Å². The van der Waals surface area contributed by atoms with E-state index in [9.17, 15) is 14.3 Å². The van der Waals surface area contributed by atoms with Crippen molar-refractivity contribution < 1.29 is 14.3 Å². The minimum atomic E-state index is -0.733. The molecule has 0 amide bonds. The first kappa shape index (κ1) is 12.9. The minimum absolute atomic E-state index is 0.0425. The van der Waals surface area contributed by atoms with Crippen molar-refractivity contribution in [3.05, 3.63) is 34.6 Å². The number of rotatable bonds is 3. The predicted molar refractivity (Wildman–Crippen MR) is 69.5 cm³/mol. The maximum absolute atomic E-state index is 13.8. The normalized spacial score (nSPS) is 29.9. The van der Waals surface area contributed by atoms with Crippen LogP contribution in [0.2, 0.25) is 5.02 Å². The Morgan fingerprint density at radius 3 is 2.95 bits per heavy atom. The Hall–Kier alpha value is -1.13. The number of carboxylic acids is 1. The minimum Gasteiger partial charge on any atom is -0.481 e. The average Bonchev–Trinajstić information content (AvgIpc) is 2.91. The van der Waals surface area contributed by atoms with Crippen LogP contribution >= 0.6 is 11.6 Å². The zero-order valence-electron chi connectivity index (χ0n) is 10.4. The molecule has 0 aromatic heterocycles. The first-order chi connectivity index (χ1) is 9.06. The van der Waals surface area contributed by atoms with Crippen LogP contribution in [0.5, 0.6) is 0 Å². The van der Waals surface area contributed by atoms with E-state index in [1.165, 1.54) is 12.1 Å². The summed E-state index contributed by atoms with van der Waals surface area (Å²) in [5, 5.41) is 9.71. The molecule has 102 valence electrons. The van der Waals surface area contributed by atoms with Gasteiger partial charge in [-0.05, 0) is 37.5 Å². The molecular weight excluding hydrogens is 269 g/mol. The highest BCUT2D eigenvalue weighted by atomic mass is 35.5. The summed E-state index contributed by atoms with van der Waals surface area (Å²) in [6, 6.07) is 4.83. The molecule has 3 atom stereocenters. The molecule has 1 N–H and O–H groups in total. The molecular formula is C14H15ClFNO2. The van der Waals surface area contributed by atoms with Crippen molar-refractivity contribution in [3.63, 3.8) is 0 Å².